The van der Waals surface area contributed by atoms with E-state index in [0.29, 0.717) is 6.04 Å². The molecule has 1 aliphatic heterocycles. The number of nitrogens with two attached hydrogens (primary N) is 1. The highest BCUT2D eigenvalue weighted by atomic mass is 16.2. The molecule has 1 saturated heterocycles. The first-order valence-corrected chi connectivity index (χ1v) is 7.84. The lowest BCUT2D eigenvalue weighted by atomic mass is 9.78. The number of aryl methyl sites for hydroxylation is 1. The number of fused-ring (bicyclic) bond motifs is 1. The number of hydrogen-bond acceptors (Lipinski definition) is 2. The average molecular weight is 272 g/mol. The van der Waals surface area contributed by atoms with Crippen molar-refractivity contribution in [2.45, 2.75) is 51.5 Å². The molecule has 2 aliphatic rings. The minimum Gasteiger partial charge on any atom is -0.399 e. The fraction of sp³-hybridized carbons (Fsp3) is 0.588. The molecule has 1 heterocycles. The molecule has 1 aromatic rings. The Kier molecular flexibility index (Phi) is 3.68. The van der Waals surface area contributed by atoms with Crippen LogP contribution in [0.2, 0.25) is 0 Å². The summed E-state index contributed by atoms with van der Waals surface area (Å²) in [6.45, 7) is 2.88. The lowest BCUT2D eigenvalue weighted by molar-refractivity contribution is 0.0390. The van der Waals surface area contributed by atoms with Crippen molar-refractivity contribution in [2.24, 2.45) is 5.92 Å². The third kappa shape index (κ3) is 2.41. The first kappa shape index (κ1) is 13.5. The predicted molar refractivity (Wildman–Crippen MR) is 81.6 cm³/mol. The molecule has 2 atom stereocenters. The van der Waals surface area contributed by atoms with E-state index in [1.165, 1.54) is 32.1 Å². The van der Waals surface area contributed by atoms with Gasteiger partial charge in [-0.05, 0) is 62.3 Å². The Bertz CT molecular complexity index is 510. The highest BCUT2D eigenvalue weighted by molar-refractivity contribution is 5.95. The zero-order valence-electron chi connectivity index (χ0n) is 12.3. The fourth-order valence-electron chi connectivity index (χ4n) is 3.85. The summed E-state index contributed by atoms with van der Waals surface area (Å²) in [5.41, 5.74) is 8.40. The van der Waals surface area contributed by atoms with Crippen LogP contribution in [-0.2, 0) is 0 Å². The van der Waals surface area contributed by atoms with E-state index in [0.717, 1.165) is 35.7 Å². The number of nitrogen functional groups attached to an aromatic ring is 1. The summed E-state index contributed by atoms with van der Waals surface area (Å²) in [6, 6.07) is 6.13. The maximum Gasteiger partial charge on any atom is 0.254 e. The Morgan fingerprint density at radius 2 is 1.95 bits per heavy atom. The Balaban J connectivity index is 1.83. The molecule has 3 nitrogen and oxygen atoms in total. The number of amides is 1. The SMILES string of the molecule is Cc1cc(C(=O)N2CCC[C@H]3CCCC[C@@H]32)ccc1N. The Morgan fingerprint density at radius 1 is 1.20 bits per heavy atom. The van der Waals surface area contributed by atoms with Crippen molar-refractivity contribution in [1.29, 1.82) is 0 Å². The third-order valence-corrected chi connectivity index (χ3v) is 5.02. The van der Waals surface area contributed by atoms with Crippen molar-refractivity contribution in [3.63, 3.8) is 0 Å². The van der Waals surface area contributed by atoms with Gasteiger partial charge >= 0.3 is 0 Å². The molecule has 3 rings (SSSR count). The molecule has 0 aromatic heterocycles. The number of piperidine rings is 1. The summed E-state index contributed by atoms with van der Waals surface area (Å²) in [4.78, 5) is 14.9. The molecule has 2 N–H and O–H groups in total. The molecule has 1 saturated carbocycles. The van der Waals surface area contributed by atoms with Crippen molar-refractivity contribution in [1.82, 2.24) is 4.90 Å². The summed E-state index contributed by atoms with van der Waals surface area (Å²) in [5.74, 6) is 0.932. The van der Waals surface area contributed by atoms with Crippen LogP contribution in [0.15, 0.2) is 18.2 Å². The van der Waals surface area contributed by atoms with Gasteiger partial charge in [0.2, 0.25) is 0 Å². The first-order chi connectivity index (χ1) is 9.66. The van der Waals surface area contributed by atoms with Crippen LogP contribution in [0.5, 0.6) is 0 Å². The number of anilines is 1. The number of benzene rings is 1. The van der Waals surface area contributed by atoms with Crippen molar-refractivity contribution in [2.75, 3.05) is 12.3 Å². The topological polar surface area (TPSA) is 46.3 Å². The molecular formula is C17H24N2O. The molecular weight excluding hydrogens is 248 g/mol. The fourth-order valence-corrected chi connectivity index (χ4v) is 3.85. The Labute approximate surface area is 121 Å². The van der Waals surface area contributed by atoms with E-state index in [2.05, 4.69) is 4.90 Å². The Morgan fingerprint density at radius 3 is 2.75 bits per heavy atom. The van der Waals surface area contributed by atoms with Crippen LogP contribution in [0.25, 0.3) is 0 Å². The minimum absolute atomic E-state index is 0.199. The van der Waals surface area contributed by atoms with Crippen molar-refractivity contribution >= 4 is 11.6 Å². The van der Waals surface area contributed by atoms with Crippen LogP contribution in [-0.4, -0.2) is 23.4 Å². The maximum atomic E-state index is 12.8. The smallest absolute Gasteiger partial charge is 0.254 e. The number of nitrogens with zero attached hydrogens (tertiary/aromatic N) is 1. The van der Waals surface area contributed by atoms with Gasteiger partial charge in [0.15, 0.2) is 0 Å². The van der Waals surface area contributed by atoms with Gasteiger partial charge < -0.3 is 10.6 Å². The Hall–Kier alpha value is -1.51. The predicted octanol–water partition coefficient (Wildman–Crippen LogP) is 3.37. The lowest BCUT2D eigenvalue weighted by Crippen LogP contribution is -2.49. The minimum atomic E-state index is 0.199. The zero-order valence-corrected chi connectivity index (χ0v) is 12.3. The van der Waals surface area contributed by atoms with Crippen molar-refractivity contribution in [3.05, 3.63) is 29.3 Å². The van der Waals surface area contributed by atoms with E-state index in [-0.39, 0.29) is 5.91 Å². The molecule has 1 aromatic carbocycles. The highest BCUT2D eigenvalue weighted by Crippen LogP contribution is 2.36. The summed E-state index contributed by atoms with van der Waals surface area (Å²) < 4.78 is 0. The van der Waals surface area contributed by atoms with Gasteiger partial charge in [-0.25, -0.2) is 0 Å². The van der Waals surface area contributed by atoms with Crippen molar-refractivity contribution < 1.29 is 4.79 Å². The molecule has 0 unspecified atom stereocenters. The second kappa shape index (κ2) is 5.47. The van der Waals surface area contributed by atoms with Crippen LogP contribution in [0.4, 0.5) is 5.69 Å². The van der Waals surface area contributed by atoms with Gasteiger partial charge in [-0.1, -0.05) is 12.8 Å². The van der Waals surface area contributed by atoms with Crippen LogP contribution < -0.4 is 5.73 Å². The van der Waals surface area contributed by atoms with E-state index in [9.17, 15) is 4.79 Å². The quantitative estimate of drug-likeness (QED) is 0.797. The highest BCUT2D eigenvalue weighted by Gasteiger charge is 2.35. The van der Waals surface area contributed by atoms with E-state index in [4.69, 9.17) is 5.73 Å². The van der Waals surface area contributed by atoms with Crippen LogP contribution in [0, 0.1) is 12.8 Å². The standard InChI is InChI=1S/C17H24N2O/c1-12-11-14(8-9-15(12)18)17(20)19-10-4-6-13-5-2-3-7-16(13)19/h8-9,11,13,16H,2-7,10,18H2,1H3/t13-,16+/m1/s1. The van der Waals surface area contributed by atoms with Gasteiger partial charge in [0.25, 0.3) is 5.91 Å². The second-order valence-corrected chi connectivity index (χ2v) is 6.32. The molecule has 0 radical (unpaired) electrons. The lowest BCUT2D eigenvalue weighted by Gasteiger charge is -2.44. The van der Waals surface area contributed by atoms with Crippen molar-refractivity contribution in [3.8, 4) is 0 Å². The summed E-state index contributed by atoms with van der Waals surface area (Å²) in [6.07, 6.45) is 7.55. The molecule has 20 heavy (non-hydrogen) atoms. The van der Waals surface area contributed by atoms with Crippen LogP contribution >= 0.6 is 0 Å². The number of hydrogen-bond donors (Lipinski definition) is 1. The van der Waals surface area contributed by atoms with Gasteiger partial charge in [0.1, 0.15) is 0 Å². The van der Waals surface area contributed by atoms with E-state index < -0.39 is 0 Å². The molecule has 3 heteroatoms. The molecule has 0 spiro atoms. The molecule has 1 aliphatic carbocycles. The average Bonchev–Trinajstić information content (AvgIpc) is 2.49. The van der Waals surface area contributed by atoms with Crippen LogP contribution in [0.3, 0.4) is 0 Å². The second-order valence-electron chi connectivity index (χ2n) is 6.32. The summed E-state index contributed by atoms with van der Waals surface area (Å²) in [7, 11) is 0. The van der Waals surface area contributed by atoms with E-state index in [1.54, 1.807) is 0 Å². The molecule has 108 valence electrons. The largest absolute Gasteiger partial charge is 0.399 e. The van der Waals surface area contributed by atoms with Crippen LogP contribution in [0.1, 0.15) is 54.4 Å². The normalized spacial score (nSPS) is 26.1. The van der Waals surface area contributed by atoms with E-state index in [1.807, 2.05) is 25.1 Å². The maximum absolute atomic E-state index is 12.8. The number of carbonyl (C=O) groups is 1. The monoisotopic (exact) mass is 272 g/mol. The summed E-state index contributed by atoms with van der Waals surface area (Å²) in [5, 5.41) is 0. The van der Waals surface area contributed by atoms with Gasteiger partial charge in [-0.2, -0.15) is 0 Å². The van der Waals surface area contributed by atoms with Gasteiger partial charge in [0, 0.05) is 23.8 Å². The molecule has 2 fully saturated rings. The molecule has 1 amide bonds. The number of likely N-dealkylation sites (tertiary alicyclic amines) is 1. The third-order valence-electron chi connectivity index (χ3n) is 5.02. The van der Waals surface area contributed by atoms with Gasteiger partial charge in [-0.3, -0.25) is 4.79 Å². The molecule has 0 bridgehead atoms. The van der Waals surface area contributed by atoms with Gasteiger partial charge in [0.05, 0.1) is 0 Å². The summed E-state index contributed by atoms with van der Waals surface area (Å²) >= 11 is 0. The number of carbonyl (C=O) groups excluding carboxylic acids is 1. The zero-order chi connectivity index (χ0) is 14.1. The first-order valence-electron chi connectivity index (χ1n) is 7.84. The van der Waals surface area contributed by atoms with E-state index >= 15 is 0 Å². The number of rotatable bonds is 1. The van der Waals surface area contributed by atoms with Gasteiger partial charge in [-0.15, -0.1) is 0 Å².